The van der Waals surface area contributed by atoms with Crippen molar-refractivity contribution in [2.75, 3.05) is 5.32 Å². The molecule has 0 bridgehead atoms. The van der Waals surface area contributed by atoms with E-state index in [9.17, 15) is 4.79 Å². The monoisotopic (exact) mass is 344 g/mol. The Hall–Kier alpha value is -2.11. The fourth-order valence-corrected chi connectivity index (χ4v) is 3.65. The number of hydrogen-bond donors (Lipinski definition) is 1. The van der Waals surface area contributed by atoms with Gasteiger partial charge in [-0.2, -0.15) is 0 Å². The predicted octanol–water partition coefficient (Wildman–Crippen LogP) is 4.80. The van der Waals surface area contributed by atoms with Crippen LogP contribution in [0.1, 0.15) is 17.9 Å². The Balaban J connectivity index is 1.43. The SMILES string of the molecule is O=C(Nc1nc(-c2ccco2)cs1)C1CC1c1ccccc1Cl. The molecule has 116 valence electrons. The smallest absolute Gasteiger partial charge is 0.229 e. The average molecular weight is 345 g/mol. The van der Waals surface area contributed by atoms with Gasteiger partial charge in [0, 0.05) is 16.3 Å². The summed E-state index contributed by atoms with van der Waals surface area (Å²) in [7, 11) is 0. The number of benzene rings is 1. The summed E-state index contributed by atoms with van der Waals surface area (Å²) >= 11 is 7.59. The number of nitrogens with zero attached hydrogens (tertiary/aromatic N) is 1. The van der Waals surface area contributed by atoms with Crippen molar-refractivity contribution in [3.8, 4) is 11.5 Å². The number of aromatic nitrogens is 1. The van der Waals surface area contributed by atoms with Crippen molar-refractivity contribution in [1.82, 2.24) is 4.98 Å². The summed E-state index contributed by atoms with van der Waals surface area (Å²) in [6.45, 7) is 0. The number of carbonyl (C=O) groups is 1. The summed E-state index contributed by atoms with van der Waals surface area (Å²) in [4.78, 5) is 16.7. The van der Waals surface area contributed by atoms with Gasteiger partial charge in [0.2, 0.25) is 5.91 Å². The Morgan fingerprint density at radius 1 is 1.30 bits per heavy atom. The lowest BCUT2D eigenvalue weighted by atomic mass is 10.1. The van der Waals surface area contributed by atoms with Crippen molar-refractivity contribution in [3.63, 3.8) is 0 Å². The number of halogens is 1. The highest BCUT2D eigenvalue weighted by Gasteiger charge is 2.45. The van der Waals surface area contributed by atoms with E-state index in [0.717, 1.165) is 22.7 Å². The summed E-state index contributed by atoms with van der Waals surface area (Å²) in [6.07, 6.45) is 2.43. The van der Waals surface area contributed by atoms with Crippen molar-refractivity contribution < 1.29 is 9.21 Å². The molecule has 0 radical (unpaired) electrons. The normalized spacial score (nSPS) is 19.5. The minimum absolute atomic E-state index is 0.00438. The quantitative estimate of drug-likeness (QED) is 0.739. The zero-order chi connectivity index (χ0) is 15.8. The lowest BCUT2D eigenvalue weighted by Gasteiger charge is -2.03. The molecular weight excluding hydrogens is 332 g/mol. The second-order valence-electron chi connectivity index (χ2n) is 5.47. The third-order valence-corrected chi connectivity index (χ3v) is 5.04. The van der Waals surface area contributed by atoms with Crippen LogP contribution >= 0.6 is 22.9 Å². The molecule has 1 saturated carbocycles. The van der Waals surface area contributed by atoms with Crippen LogP contribution in [0.4, 0.5) is 5.13 Å². The molecule has 0 spiro atoms. The molecule has 4 rings (SSSR count). The molecule has 1 aliphatic rings. The number of nitrogens with one attached hydrogen (secondary N) is 1. The molecule has 1 aromatic carbocycles. The van der Waals surface area contributed by atoms with E-state index in [1.807, 2.05) is 41.8 Å². The van der Waals surface area contributed by atoms with Crippen LogP contribution in [0.2, 0.25) is 5.02 Å². The van der Waals surface area contributed by atoms with Gasteiger partial charge < -0.3 is 9.73 Å². The summed E-state index contributed by atoms with van der Waals surface area (Å²) in [5, 5.41) is 6.07. The summed E-state index contributed by atoms with van der Waals surface area (Å²) in [6, 6.07) is 11.3. The summed E-state index contributed by atoms with van der Waals surface area (Å²) in [5.74, 6) is 0.858. The van der Waals surface area contributed by atoms with Crippen LogP contribution in [0.25, 0.3) is 11.5 Å². The van der Waals surface area contributed by atoms with E-state index in [-0.39, 0.29) is 17.7 Å². The van der Waals surface area contributed by atoms with E-state index < -0.39 is 0 Å². The third kappa shape index (κ3) is 2.90. The van der Waals surface area contributed by atoms with Crippen LogP contribution in [0.5, 0.6) is 0 Å². The van der Waals surface area contributed by atoms with Crippen molar-refractivity contribution in [2.45, 2.75) is 12.3 Å². The van der Waals surface area contributed by atoms with Crippen molar-refractivity contribution >= 4 is 34.0 Å². The topological polar surface area (TPSA) is 55.1 Å². The second kappa shape index (κ2) is 5.83. The van der Waals surface area contributed by atoms with E-state index >= 15 is 0 Å². The first-order valence-corrected chi connectivity index (χ1v) is 8.53. The molecular formula is C17H13ClN2O2S. The van der Waals surface area contributed by atoms with Gasteiger partial charge in [-0.1, -0.05) is 29.8 Å². The second-order valence-corrected chi connectivity index (χ2v) is 6.74. The molecule has 4 nitrogen and oxygen atoms in total. The van der Waals surface area contributed by atoms with Crippen molar-refractivity contribution in [3.05, 3.63) is 58.6 Å². The van der Waals surface area contributed by atoms with E-state index in [1.165, 1.54) is 11.3 Å². The highest BCUT2D eigenvalue weighted by atomic mass is 35.5. The lowest BCUT2D eigenvalue weighted by molar-refractivity contribution is -0.117. The van der Waals surface area contributed by atoms with Gasteiger partial charge in [0.15, 0.2) is 10.9 Å². The van der Waals surface area contributed by atoms with E-state index in [0.29, 0.717) is 10.9 Å². The molecule has 2 atom stereocenters. The maximum Gasteiger partial charge on any atom is 0.229 e. The molecule has 6 heteroatoms. The Kier molecular flexibility index (Phi) is 3.67. The summed E-state index contributed by atoms with van der Waals surface area (Å²) in [5.41, 5.74) is 1.78. The zero-order valence-electron chi connectivity index (χ0n) is 12.0. The molecule has 1 aliphatic carbocycles. The zero-order valence-corrected chi connectivity index (χ0v) is 13.6. The van der Waals surface area contributed by atoms with Gasteiger partial charge >= 0.3 is 0 Å². The first-order chi connectivity index (χ1) is 11.2. The van der Waals surface area contributed by atoms with Crippen molar-refractivity contribution in [1.29, 1.82) is 0 Å². The van der Waals surface area contributed by atoms with E-state index in [4.69, 9.17) is 16.0 Å². The molecule has 2 heterocycles. The fraction of sp³-hybridized carbons (Fsp3) is 0.176. The minimum Gasteiger partial charge on any atom is -0.463 e. The van der Waals surface area contributed by atoms with E-state index in [1.54, 1.807) is 6.26 Å². The fourth-order valence-electron chi connectivity index (χ4n) is 2.67. The van der Waals surface area contributed by atoms with Crippen molar-refractivity contribution in [2.24, 2.45) is 5.92 Å². The first kappa shape index (κ1) is 14.5. The van der Waals surface area contributed by atoms with Crippen LogP contribution in [0, 0.1) is 5.92 Å². The highest BCUT2D eigenvalue weighted by Crippen LogP contribution is 2.50. The molecule has 2 aromatic heterocycles. The van der Waals surface area contributed by atoms with Gasteiger partial charge in [-0.3, -0.25) is 4.79 Å². The Morgan fingerprint density at radius 3 is 2.96 bits per heavy atom. The van der Waals surface area contributed by atoms with Crippen LogP contribution < -0.4 is 5.32 Å². The number of rotatable bonds is 4. The molecule has 1 amide bonds. The molecule has 1 N–H and O–H groups in total. The first-order valence-electron chi connectivity index (χ1n) is 7.27. The minimum atomic E-state index is -0.0362. The largest absolute Gasteiger partial charge is 0.463 e. The number of amides is 1. The molecule has 0 aliphatic heterocycles. The maximum atomic E-state index is 12.4. The third-order valence-electron chi connectivity index (χ3n) is 3.94. The Labute approximate surface area is 142 Å². The Morgan fingerprint density at radius 2 is 2.17 bits per heavy atom. The van der Waals surface area contributed by atoms with Gasteiger partial charge in [-0.05, 0) is 36.1 Å². The predicted molar refractivity (Wildman–Crippen MR) is 90.7 cm³/mol. The number of carbonyl (C=O) groups excluding carboxylic acids is 1. The van der Waals surface area contributed by atoms with Crippen LogP contribution in [-0.2, 0) is 4.79 Å². The maximum absolute atomic E-state index is 12.4. The number of hydrogen-bond acceptors (Lipinski definition) is 4. The number of anilines is 1. The van der Waals surface area contributed by atoms with Gasteiger partial charge in [0.25, 0.3) is 0 Å². The molecule has 3 aromatic rings. The number of thiazole rings is 1. The lowest BCUT2D eigenvalue weighted by Crippen LogP contribution is -2.14. The van der Waals surface area contributed by atoms with Gasteiger partial charge in [-0.15, -0.1) is 11.3 Å². The standard InChI is InChI=1S/C17H13ClN2O2S/c18-13-5-2-1-4-10(13)11-8-12(11)16(21)20-17-19-14(9-23-17)15-6-3-7-22-15/h1-7,9,11-12H,8H2,(H,19,20,21). The van der Waals surface area contributed by atoms with Crippen LogP contribution in [0.15, 0.2) is 52.5 Å². The van der Waals surface area contributed by atoms with E-state index in [2.05, 4.69) is 10.3 Å². The average Bonchev–Trinajstić information content (AvgIpc) is 2.96. The van der Waals surface area contributed by atoms with Crippen LogP contribution in [0.3, 0.4) is 0 Å². The molecule has 2 unspecified atom stereocenters. The Bertz CT molecular complexity index is 844. The van der Waals surface area contributed by atoms with Gasteiger partial charge in [-0.25, -0.2) is 4.98 Å². The number of furan rings is 1. The van der Waals surface area contributed by atoms with Gasteiger partial charge in [0.05, 0.1) is 6.26 Å². The van der Waals surface area contributed by atoms with Gasteiger partial charge in [0.1, 0.15) is 5.69 Å². The molecule has 0 saturated heterocycles. The summed E-state index contributed by atoms with van der Waals surface area (Å²) < 4.78 is 5.30. The van der Waals surface area contributed by atoms with Crippen LogP contribution in [-0.4, -0.2) is 10.9 Å². The molecule has 1 fully saturated rings. The highest BCUT2D eigenvalue weighted by molar-refractivity contribution is 7.14. The molecule has 23 heavy (non-hydrogen) atoms.